The summed E-state index contributed by atoms with van der Waals surface area (Å²) in [5, 5.41) is 10.5. The van der Waals surface area contributed by atoms with Gasteiger partial charge in [0.1, 0.15) is 18.0 Å². The highest BCUT2D eigenvalue weighted by Gasteiger charge is 2.31. The summed E-state index contributed by atoms with van der Waals surface area (Å²) in [6.45, 7) is 2.08. The van der Waals surface area contributed by atoms with E-state index in [0.717, 1.165) is 24.2 Å². The maximum Gasteiger partial charge on any atom is 0.129 e. The van der Waals surface area contributed by atoms with Gasteiger partial charge in [0.15, 0.2) is 0 Å². The molecule has 2 rings (SSSR count). The second-order valence-electron chi connectivity index (χ2n) is 3.57. The van der Waals surface area contributed by atoms with Crippen molar-refractivity contribution in [2.75, 3.05) is 0 Å². The molecule has 3 heteroatoms. The predicted octanol–water partition coefficient (Wildman–Crippen LogP) is 2.93. The fourth-order valence-corrected chi connectivity index (χ4v) is 1.95. The molecule has 2 atom stereocenters. The van der Waals surface area contributed by atoms with Crippen molar-refractivity contribution in [2.45, 2.75) is 32.0 Å². The number of ether oxygens (including phenoxy) is 1. The third-order valence-corrected chi connectivity index (χ3v) is 2.73. The molecule has 0 amide bonds. The molecule has 1 aliphatic rings. The van der Waals surface area contributed by atoms with E-state index in [9.17, 15) is 5.11 Å². The number of aliphatic hydroxyl groups is 1. The van der Waals surface area contributed by atoms with Crippen LogP contribution >= 0.6 is 11.6 Å². The summed E-state index contributed by atoms with van der Waals surface area (Å²) >= 11 is 5.83. The largest absolute Gasteiger partial charge is 0.487 e. The van der Waals surface area contributed by atoms with Crippen molar-refractivity contribution in [2.24, 2.45) is 0 Å². The van der Waals surface area contributed by atoms with Crippen molar-refractivity contribution in [3.05, 3.63) is 28.8 Å². The van der Waals surface area contributed by atoms with Crippen molar-refractivity contribution < 1.29 is 9.84 Å². The average Bonchev–Trinajstić information content (AvgIpc) is 2.44. The summed E-state index contributed by atoms with van der Waals surface area (Å²) in [4.78, 5) is 0. The number of rotatable bonds is 2. The maximum absolute atomic E-state index is 9.90. The quantitative estimate of drug-likeness (QED) is 0.817. The van der Waals surface area contributed by atoms with Gasteiger partial charge in [-0.15, -0.1) is 0 Å². The first-order valence-electron chi connectivity index (χ1n) is 4.86. The van der Waals surface area contributed by atoms with Crippen LogP contribution in [0.1, 0.15) is 31.4 Å². The molecule has 0 fully saturated rings. The molecule has 76 valence electrons. The predicted molar refractivity (Wildman–Crippen MR) is 55.7 cm³/mol. The molecule has 1 aromatic rings. The molecule has 0 saturated carbocycles. The van der Waals surface area contributed by atoms with E-state index in [1.807, 2.05) is 6.07 Å². The van der Waals surface area contributed by atoms with Crippen LogP contribution in [0.5, 0.6) is 5.75 Å². The lowest BCUT2D eigenvalue weighted by Gasteiger charge is -2.12. The molecule has 0 radical (unpaired) electrons. The van der Waals surface area contributed by atoms with Gasteiger partial charge >= 0.3 is 0 Å². The molecule has 0 bridgehead atoms. The molecule has 2 unspecified atom stereocenters. The molecular formula is C11H13ClO2. The Balaban J connectivity index is 2.26. The van der Waals surface area contributed by atoms with E-state index in [0.29, 0.717) is 5.02 Å². The van der Waals surface area contributed by atoms with Crippen molar-refractivity contribution in [1.29, 1.82) is 0 Å². The van der Waals surface area contributed by atoms with Crippen LogP contribution < -0.4 is 4.74 Å². The molecule has 0 saturated heterocycles. The Kier molecular flexibility index (Phi) is 2.66. The normalized spacial score (nSPS) is 24.5. The van der Waals surface area contributed by atoms with E-state index in [1.54, 1.807) is 12.1 Å². The lowest BCUT2D eigenvalue weighted by Crippen LogP contribution is -2.17. The van der Waals surface area contributed by atoms with Crippen LogP contribution in [0.4, 0.5) is 0 Å². The van der Waals surface area contributed by atoms with Gasteiger partial charge in [0.2, 0.25) is 0 Å². The van der Waals surface area contributed by atoms with E-state index >= 15 is 0 Å². The van der Waals surface area contributed by atoms with E-state index in [-0.39, 0.29) is 6.10 Å². The Morgan fingerprint density at radius 2 is 2.29 bits per heavy atom. The number of aliphatic hydroxyl groups excluding tert-OH is 1. The van der Waals surface area contributed by atoms with Gasteiger partial charge in [-0.1, -0.05) is 31.0 Å². The van der Waals surface area contributed by atoms with Gasteiger partial charge in [-0.05, 0) is 18.6 Å². The zero-order chi connectivity index (χ0) is 10.1. The van der Waals surface area contributed by atoms with Gasteiger partial charge in [-0.3, -0.25) is 0 Å². The van der Waals surface area contributed by atoms with Crippen LogP contribution in [0, 0.1) is 0 Å². The molecule has 2 nitrogen and oxygen atoms in total. The van der Waals surface area contributed by atoms with Crippen molar-refractivity contribution in [1.82, 2.24) is 0 Å². The Hall–Kier alpha value is -0.730. The highest BCUT2D eigenvalue weighted by atomic mass is 35.5. The fourth-order valence-electron chi connectivity index (χ4n) is 1.78. The lowest BCUT2D eigenvalue weighted by molar-refractivity contribution is 0.0617. The van der Waals surface area contributed by atoms with Crippen LogP contribution in [0.15, 0.2) is 18.2 Å². The number of hydrogen-bond acceptors (Lipinski definition) is 2. The third kappa shape index (κ3) is 1.60. The van der Waals surface area contributed by atoms with Gasteiger partial charge in [0, 0.05) is 10.6 Å². The molecule has 0 spiro atoms. The SMILES string of the molecule is CCCC1Oc2cc(Cl)ccc2C1O. The Bertz CT molecular complexity index is 338. The minimum atomic E-state index is -0.498. The monoisotopic (exact) mass is 212 g/mol. The topological polar surface area (TPSA) is 29.5 Å². The van der Waals surface area contributed by atoms with Gasteiger partial charge in [0.05, 0.1) is 0 Å². The van der Waals surface area contributed by atoms with Crippen LogP contribution in [0.3, 0.4) is 0 Å². The molecule has 14 heavy (non-hydrogen) atoms. The molecule has 1 N–H and O–H groups in total. The van der Waals surface area contributed by atoms with E-state index in [1.165, 1.54) is 0 Å². The smallest absolute Gasteiger partial charge is 0.129 e. The summed E-state index contributed by atoms with van der Waals surface area (Å²) in [6.07, 6.45) is 1.27. The fraction of sp³-hybridized carbons (Fsp3) is 0.455. The Morgan fingerprint density at radius 3 is 3.00 bits per heavy atom. The standard InChI is InChI=1S/C11H13ClO2/c1-2-3-9-11(13)8-5-4-7(12)6-10(8)14-9/h4-6,9,11,13H,2-3H2,1H3. The van der Waals surface area contributed by atoms with Gasteiger partial charge in [-0.2, -0.15) is 0 Å². The summed E-state index contributed by atoms with van der Waals surface area (Å²) in [6, 6.07) is 5.37. The van der Waals surface area contributed by atoms with E-state index in [2.05, 4.69) is 6.92 Å². The summed E-state index contributed by atoms with van der Waals surface area (Å²) < 4.78 is 5.61. The summed E-state index contributed by atoms with van der Waals surface area (Å²) in [5.41, 5.74) is 0.854. The van der Waals surface area contributed by atoms with Crippen LogP contribution in [-0.2, 0) is 0 Å². The minimum Gasteiger partial charge on any atom is -0.487 e. The second kappa shape index (κ2) is 3.79. The first-order valence-corrected chi connectivity index (χ1v) is 5.24. The van der Waals surface area contributed by atoms with Gasteiger partial charge < -0.3 is 9.84 Å². The van der Waals surface area contributed by atoms with Crippen LogP contribution in [-0.4, -0.2) is 11.2 Å². The number of fused-ring (bicyclic) bond motifs is 1. The van der Waals surface area contributed by atoms with Crippen molar-refractivity contribution in [3.63, 3.8) is 0 Å². The zero-order valence-corrected chi connectivity index (χ0v) is 8.79. The molecule has 0 aromatic heterocycles. The maximum atomic E-state index is 9.90. The summed E-state index contributed by atoms with van der Waals surface area (Å²) in [5.74, 6) is 0.725. The molecule has 1 aliphatic heterocycles. The zero-order valence-electron chi connectivity index (χ0n) is 8.03. The second-order valence-corrected chi connectivity index (χ2v) is 4.01. The van der Waals surface area contributed by atoms with Gasteiger partial charge in [-0.25, -0.2) is 0 Å². The first-order chi connectivity index (χ1) is 6.72. The number of halogens is 1. The molecule has 1 heterocycles. The highest BCUT2D eigenvalue weighted by molar-refractivity contribution is 6.30. The number of hydrogen-bond donors (Lipinski definition) is 1. The third-order valence-electron chi connectivity index (χ3n) is 2.50. The number of benzene rings is 1. The minimum absolute atomic E-state index is 0.103. The molecule has 0 aliphatic carbocycles. The van der Waals surface area contributed by atoms with Crippen LogP contribution in [0.25, 0.3) is 0 Å². The van der Waals surface area contributed by atoms with E-state index < -0.39 is 6.10 Å². The molecular weight excluding hydrogens is 200 g/mol. The highest BCUT2D eigenvalue weighted by Crippen LogP contribution is 2.39. The Labute approximate surface area is 88.5 Å². The lowest BCUT2D eigenvalue weighted by atomic mass is 10.0. The van der Waals surface area contributed by atoms with Crippen molar-refractivity contribution >= 4 is 11.6 Å². The first kappa shape index (κ1) is 9.81. The average molecular weight is 213 g/mol. The van der Waals surface area contributed by atoms with Crippen molar-refractivity contribution in [3.8, 4) is 5.75 Å². The van der Waals surface area contributed by atoms with Gasteiger partial charge in [0.25, 0.3) is 0 Å². The Morgan fingerprint density at radius 1 is 1.50 bits per heavy atom. The molecule has 1 aromatic carbocycles. The van der Waals surface area contributed by atoms with Crippen LogP contribution in [0.2, 0.25) is 5.02 Å². The summed E-state index contributed by atoms with van der Waals surface area (Å²) in [7, 11) is 0. The van der Waals surface area contributed by atoms with E-state index in [4.69, 9.17) is 16.3 Å².